The highest BCUT2D eigenvalue weighted by Crippen LogP contribution is 2.35. The summed E-state index contributed by atoms with van der Waals surface area (Å²) in [6.45, 7) is 0. The van der Waals surface area contributed by atoms with Gasteiger partial charge in [-0.15, -0.1) is 0 Å². The third-order valence-electron chi connectivity index (χ3n) is 2.39. The van der Waals surface area contributed by atoms with Gasteiger partial charge in [-0.05, 0) is 24.3 Å². The molecule has 19 heavy (non-hydrogen) atoms. The summed E-state index contributed by atoms with van der Waals surface area (Å²) in [7, 11) is 0. The maximum atomic E-state index is 13.4. The average Bonchev–Trinajstić information content (AvgIpc) is 2.35. The topological polar surface area (TPSA) is 49.3 Å². The Morgan fingerprint density at radius 1 is 1.21 bits per heavy atom. The van der Waals surface area contributed by atoms with Gasteiger partial charge in [0, 0.05) is 5.02 Å². The summed E-state index contributed by atoms with van der Waals surface area (Å²) in [5.41, 5.74) is -0.122. The number of amides is 1. The molecule has 2 aromatic carbocycles. The summed E-state index contributed by atoms with van der Waals surface area (Å²) in [6.07, 6.45) is 0. The fourth-order valence-corrected chi connectivity index (χ4v) is 1.99. The Labute approximate surface area is 118 Å². The van der Waals surface area contributed by atoms with Crippen molar-refractivity contribution in [2.45, 2.75) is 0 Å². The van der Waals surface area contributed by atoms with Crippen molar-refractivity contribution in [2.24, 2.45) is 0 Å². The Hall–Kier alpha value is -1.78. The normalized spacial score (nSPS) is 10.3. The first-order valence-corrected chi connectivity index (χ1v) is 5.98. The van der Waals surface area contributed by atoms with Crippen LogP contribution >= 0.6 is 23.2 Å². The molecule has 0 fully saturated rings. The van der Waals surface area contributed by atoms with E-state index < -0.39 is 11.7 Å². The predicted octanol–water partition coefficient (Wildman–Crippen LogP) is 4.09. The molecule has 0 saturated heterocycles. The number of aromatic hydroxyl groups is 1. The van der Waals surface area contributed by atoms with Crippen molar-refractivity contribution in [1.29, 1.82) is 0 Å². The summed E-state index contributed by atoms with van der Waals surface area (Å²) in [4.78, 5) is 11.9. The highest BCUT2D eigenvalue weighted by atomic mass is 35.5. The number of phenols is 1. The van der Waals surface area contributed by atoms with Gasteiger partial charge in [-0.3, -0.25) is 4.79 Å². The third kappa shape index (κ3) is 2.97. The van der Waals surface area contributed by atoms with Gasteiger partial charge in [0.15, 0.2) is 5.75 Å². The van der Waals surface area contributed by atoms with Crippen molar-refractivity contribution in [3.8, 4) is 5.75 Å². The number of benzene rings is 2. The van der Waals surface area contributed by atoms with Crippen LogP contribution in [-0.4, -0.2) is 11.0 Å². The fourth-order valence-electron chi connectivity index (χ4n) is 1.50. The first-order chi connectivity index (χ1) is 8.99. The maximum absolute atomic E-state index is 13.4. The Kier molecular flexibility index (Phi) is 3.93. The second-order valence-electron chi connectivity index (χ2n) is 3.72. The van der Waals surface area contributed by atoms with Gasteiger partial charge in [0.05, 0.1) is 16.3 Å². The minimum absolute atomic E-state index is 0.00339. The number of phenolic OH excluding ortho intramolecular Hbond substituents is 1. The number of anilines is 1. The number of hydrogen-bond donors (Lipinski definition) is 2. The van der Waals surface area contributed by atoms with E-state index in [1.807, 2.05) is 0 Å². The van der Waals surface area contributed by atoms with Crippen LogP contribution in [0.4, 0.5) is 10.1 Å². The highest BCUT2D eigenvalue weighted by Gasteiger charge is 2.14. The van der Waals surface area contributed by atoms with E-state index in [0.29, 0.717) is 0 Å². The van der Waals surface area contributed by atoms with E-state index in [4.69, 9.17) is 23.2 Å². The van der Waals surface area contributed by atoms with Crippen LogP contribution in [0.5, 0.6) is 5.75 Å². The van der Waals surface area contributed by atoms with Crippen molar-refractivity contribution >= 4 is 34.8 Å². The summed E-state index contributed by atoms with van der Waals surface area (Å²) >= 11 is 11.5. The van der Waals surface area contributed by atoms with Gasteiger partial charge in [0.2, 0.25) is 0 Å². The monoisotopic (exact) mass is 299 g/mol. The lowest BCUT2D eigenvalue weighted by Crippen LogP contribution is -2.13. The Bertz CT molecular complexity index is 647. The van der Waals surface area contributed by atoms with Gasteiger partial charge in [-0.2, -0.15) is 0 Å². The third-order valence-corrected chi connectivity index (χ3v) is 2.90. The minimum Gasteiger partial charge on any atom is -0.504 e. The molecular weight excluding hydrogens is 292 g/mol. The van der Waals surface area contributed by atoms with Crippen LogP contribution in [0.3, 0.4) is 0 Å². The van der Waals surface area contributed by atoms with E-state index >= 15 is 0 Å². The van der Waals surface area contributed by atoms with E-state index in [1.54, 1.807) is 0 Å². The van der Waals surface area contributed by atoms with Crippen LogP contribution in [0.25, 0.3) is 0 Å². The summed E-state index contributed by atoms with van der Waals surface area (Å²) < 4.78 is 13.4. The number of carbonyl (C=O) groups excluding carboxylic acids is 1. The molecule has 0 unspecified atom stereocenters. The van der Waals surface area contributed by atoms with E-state index in [1.165, 1.54) is 36.4 Å². The molecule has 6 heteroatoms. The zero-order valence-electron chi connectivity index (χ0n) is 9.45. The van der Waals surface area contributed by atoms with Crippen molar-refractivity contribution in [1.82, 2.24) is 0 Å². The average molecular weight is 300 g/mol. The summed E-state index contributed by atoms with van der Waals surface area (Å²) in [6, 6.07) is 8.15. The Morgan fingerprint density at radius 2 is 1.89 bits per heavy atom. The summed E-state index contributed by atoms with van der Waals surface area (Å²) in [5.74, 6) is -1.69. The molecule has 1 amide bonds. The molecule has 0 saturated carbocycles. The van der Waals surface area contributed by atoms with Gasteiger partial charge < -0.3 is 10.4 Å². The molecule has 0 aliphatic carbocycles. The van der Waals surface area contributed by atoms with Crippen molar-refractivity contribution in [3.05, 3.63) is 57.8 Å². The van der Waals surface area contributed by atoms with Crippen molar-refractivity contribution < 1.29 is 14.3 Å². The van der Waals surface area contributed by atoms with Gasteiger partial charge in [-0.1, -0.05) is 35.3 Å². The van der Waals surface area contributed by atoms with E-state index in [0.717, 1.165) is 0 Å². The van der Waals surface area contributed by atoms with Crippen LogP contribution in [0, 0.1) is 5.82 Å². The maximum Gasteiger partial charge on any atom is 0.258 e. The first kappa shape index (κ1) is 13.6. The van der Waals surface area contributed by atoms with Crippen LogP contribution in [0.2, 0.25) is 10.0 Å². The fraction of sp³-hybridized carbons (Fsp3) is 0. The highest BCUT2D eigenvalue weighted by molar-refractivity contribution is 6.36. The Morgan fingerprint density at radius 3 is 2.58 bits per heavy atom. The second-order valence-corrected chi connectivity index (χ2v) is 4.56. The van der Waals surface area contributed by atoms with Crippen molar-refractivity contribution in [2.75, 3.05) is 5.32 Å². The molecular formula is C13H8Cl2FNO2. The van der Waals surface area contributed by atoms with E-state index in [2.05, 4.69) is 5.32 Å². The van der Waals surface area contributed by atoms with Crippen LogP contribution in [-0.2, 0) is 0 Å². The smallest absolute Gasteiger partial charge is 0.258 e. The van der Waals surface area contributed by atoms with Gasteiger partial charge in [0.1, 0.15) is 5.82 Å². The van der Waals surface area contributed by atoms with Crippen molar-refractivity contribution in [3.63, 3.8) is 0 Å². The first-order valence-electron chi connectivity index (χ1n) is 5.23. The molecule has 3 nitrogen and oxygen atoms in total. The standard InChI is InChI=1S/C13H8Cl2FNO2/c14-7-5-9(15)12(18)11(6-7)17-13(19)8-3-1-2-4-10(8)16/h1-6,18H,(H,17,19). The molecule has 0 bridgehead atoms. The number of rotatable bonds is 2. The van der Waals surface area contributed by atoms with Gasteiger partial charge in [-0.25, -0.2) is 4.39 Å². The number of nitrogens with one attached hydrogen (secondary N) is 1. The second kappa shape index (κ2) is 5.47. The lowest BCUT2D eigenvalue weighted by molar-refractivity contribution is 0.102. The molecule has 0 aliphatic rings. The Balaban J connectivity index is 2.32. The van der Waals surface area contributed by atoms with Gasteiger partial charge >= 0.3 is 0 Å². The molecule has 2 N–H and O–H groups in total. The molecule has 2 rings (SSSR count). The molecule has 0 aromatic heterocycles. The number of hydrogen-bond acceptors (Lipinski definition) is 2. The predicted molar refractivity (Wildman–Crippen MR) is 72.5 cm³/mol. The molecule has 0 radical (unpaired) electrons. The molecule has 0 aliphatic heterocycles. The minimum atomic E-state index is -0.702. The molecule has 0 heterocycles. The molecule has 0 atom stereocenters. The zero-order valence-corrected chi connectivity index (χ0v) is 11.0. The largest absolute Gasteiger partial charge is 0.504 e. The SMILES string of the molecule is O=C(Nc1cc(Cl)cc(Cl)c1O)c1ccccc1F. The van der Waals surface area contributed by atoms with Crippen LogP contribution in [0.15, 0.2) is 36.4 Å². The summed E-state index contributed by atoms with van der Waals surface area (Å²) in [5, 5.41) is 12.3. The molecule has 2 aromatic rings. The van der Waals surface area contributed by atoms with Gasteiger partial charge in [0.25, 0.3) is 5.91 Å². The quantitative estimate of drug-likeness (QED) is 0.821. The zero-order chi connectivity index (χ0) is 14.0. The van der Waals surface area contributed by atoms with Crippen LogP contribution in [0.1, 0.15) is 10.4 Å². The molecule has 98 valence electrons. The lowest BCUT2D eigenvalue weighted by Gasteiger charge is -2.09. The van der Waals surface area contributed by atoms with Crippen LogP contribution < -0.4 is 5.32 Å². The lowest BCUT2D eigenvalue weighted by atomic mass is 10.2. The van der Waals surface area contributed by atoms with E-state index in [9.17, 15) is 14.3 Å². The number of halogens is 3. The number of carbonyl (C=O) groups is 1. The van der Waals surface area contributed by atoms with E-state index in [-0.39, 0.29) is 27.0 Å². The molecule has 0 spiro atoms.